The number of aliphatic carboxylic acids is 1. The van der Waals surface area contributed by atoms with Gasteiger partial charge < -0.3 is 14.9 Å². The van der Waals surface area contributed by atoms with Gasteiger partial charge in [0.2, 0.25) is 5.95 Å². The van der Waals surface area contributed by atoms with E-state index in [9.17, 15) is 26.7 Å². The third-order valence-corrected chi connectivity index (χ3v) is 5.61. The summed E-state index contributed by atoms with van der Waals surface area (Å²) in [5, 5.41) is 7.12. The summed E-state index contributed by atoms with van der Waals surface area (Å²) in [4.78, 5) is 37.2. The third kappa shape index (κ3) is 5.34. The molecule has 0 aliphatic carbocycles. The average Bonchev–Trinajstić information content (AvgIpc) is 3.22. The van der Waals surface area contributed by atoms with Gasteiger partial charge in [0.15, 0.2) is 0 Å². The van der Waals surface area contributed by atoms with Crippen LogP contribution in [0.5, 0.6) is 0 Å². The molecule has 2 aromatic rings. The second-order valence-electron chi connectivity index (χ2n) is 7.72. The van der Waals surface area contributed by atoms with Gasteiger partial charge in [-0.3, -0.25) is 9.78 Å². The number of rotatable bonds is 2. The van der Waals surface area contributed by atoms with E-state index in [0.717, 1.165) is 0 Å². The number of carbonyl (C=O) groups excluding carboxylic acids is 1. The number of alkyl halides is 5. The maximum atomic E-state index is 14.9. The molecule has 4 rings (SSSR count). The number of carboxylic acid groups (broad SMARTS) is 1. The molecule has 13 heteroatoms. The minimum atomic E-state index is -5.08. The molecule has 2 aliphatic rings. The Morgan fingerprint density at radius 2 is 1.58 bits per heavy atom. The first-order valence-corrected chi connectivity index (χ1v) is 9.84. The highest BCUT2D eigenvalue weighted by atomic mass is 19.4. The van der Waals surface area contributed by atoms with Crippen LogP contribution in [0, 0.1) is 5.41 Å². The van der Waals surface area contributed by atoms with Crippen molar-refractivity contribution in [3.05, 3.63) is 48.5 Å². The van der Waals surface area contributed by atoms with Crippen LogP contribution in [0.4, 0.5) is 27.9 Å². The summed E-state index contributed by atoms with van der Waals surface area (Å²) in [5.41, 5.74) is -0.797. The Bertz CT molecular complexity index is 977. The zero-order chi connectivity index (χ0) is 24.3. The molecule has 0 aromatic carbocycles. The van der Waals surface area contributed by atoms with Gasteiger partial charge in [-0.15, -0.1) is 0 Å². The van der Waals surface area contributed by atoms with Crippen molar-refractivity contribution in [2.75, 3.05) is 31.1 Å². The van der Waals surface area contributed by atoms with Crippen LogP contribution in [0.25, 0.3) is 0 Å². The van der Waals surface area contributed by atoms with E-state index in [1.807, 2.05) is 0 Å². The van der Waals surface area contributed by atoms with E-state index in [-0.39, 0.29) is 32.0 Å². The predicted molar refractivity (Wildman–Crippen MR) is 105 cm³/mol. The summed E-state index contributed by atoms with van der Waals surface area (Å²) < 4.78 is 61.5. The third-order valence-electron chi connectivity index (χ3n) is 5.61. The summed E-state index contributed by atoms with van der Waals surface area (Å²) in [6, 6.07) is 4.92. The fourth-order valence-corrected chi connectivity index (χ4v) is 3.88. The van der Waals surface area contributed by atoms with Crippen molar-refractivity contribution in [3.8, 4) is 0 Å². The molecule has 33 heavy (non-hydrogen) atoms. The lowest BCUT2D eigenvalue weighted by molar-refractivity contribution is -0.192. The zero-order valence-corrected chi connectivity index (χ0v) is 17.2. The molecule has 8 nitrogen and oxygen atoms in total. The molecule has 2 saturated heterocycles. The molecule has 1 unspecified atom stereocenters. The van der Waals surface area contributed by atoms with Crippen molar-refractivity contribution >= 4 is 17.8 Å². The number of likely N-dealkylation sites (tertiary alicyclic amines) is 1. The Hall–Kier alpha value is -3.38. The number of anilines is 1. The minimum Gasteiger partial charge on any atom is -0.475 e. The van der Waals surface area contributed by atoms with E-state index in [1.165, 1.54) is 12.4 Å². The van der Waals surface area contributed by atoms with Crippen LogP contribution in [0.3, 0.4) is 0 Å². The summed E-state index contributed by atoms with van der Waals surface area (Å²) in [6.45, 7) is 0.684. The maximum absolute atomic E-state index is 14.9. The van der Waals surface area contributed by atoms with Crippen molar-refractivity contribution in [1.82, 2.24) is 19.9 Å². The number of hydrogen-bond acceptors (Lipinski definition) is 6. The van der Waals surface area contributed by atoms with Gasteiger partial charge in [0.25, 0.3) is 11.8 Å². The van der Waals surface area contributed by atoms with E-state index in [2.05, 4.69) is 15.0 Å². The first-order chi connectivity index (χ1) is 15.5. The fourth-order valence-electron chi connectivity index (χ4n) is 3.88. The fraction of sp³-hybridized carbons (Fsp3) is 0.450. The van der Waals surface area contributed by atoms with Crippen molar-refractivity contribution in [2.45, 2.75) is 24.9 Å². The number of amides is 1. The molecule has 4 heterocycles. The molecule has 1 N–H and O–H groups in total. The second-order valence-corrected chi connectivity index (χ2v) is 7.72. The molecule has 0 radical (unpaired) electrons. The lowest BCUT2D eigenvalue weighted by Crippen LogP contribution is -2.58. The molecule has 178 valence electrons. The monoisotopic (exact) mass is 473 g/mol. The van der Waals surface area contributed by atoms with Gasteiger partial charge >= 0.3 is 12.1 Å². The molecule has 2 aromatic heterocycles. The maximum Gasteiger partial charge on any atom is 0.490 e. The molecule has 1 amide bonds. The number of piperidine rings is 1. The van der Waals surface area contributed by atoms with Crippen LogP contribution in [0.15, 0.2) is 43.0 Å². The largest absolute Gasteiger partial charge is 0.490 e. The molecular weight excluding hydrogens is 453 g/mol. The number of halogens is 5. The number of aromatic nitrogens is 3. The summed E-state index contributed by atoms with van der Waals surface area (Å²) in [5.74, 6) is -5.35. The van der Waals surface area contributed by atoms with Gasteiger partial charge in [0, 0.05) is 63.0 Å². The Kier molecular flexibility index (Phi) is 6.79. The van der Waals surface area contributed by atoms with Gasteiger partial charge in [-0.25, -0.2) is 23.5 Å². The van der Waals surface area contributed by atoms with E-state index < -0.39 is 23.5 Å². The smallest absolute Gasteiger partial charge is 0.475 e. The van der Waals surface area contributed by atoms with Crippen molar-refractivity contribution in [1.29, 1.82) is 0 Å². The lowest BCUT2D eigenvalue weighted by Gasteiger charge is -2.45. The zero-order valence-electron chi connectivity index (χ0n) is 17.2. The Balaban J connectivity index is 0.000000383. The van der Waals surface area contributed by atoms with Gasteiger partial charge in [0.1, 0.15) is 0 Å². The molecule has 2 aliphatic heterocycles. The number of pyridine rings is 1. The Labute approximate surface area is 185 Å². The van der Waals surface area contributed by atoms with Gasteiger partial charge in [-0.05, 0) is 24.6 Å². The Morgan fingerprint density at radius 3 is 2.15 bits per heavy atom. The Morgan fingerprint density at radius 1 is 0.970 bits per heavy atom. The quantitative estimate of drug-likeness (QED) is 0.670. The van der Waals surface area contributed by atoms with Gasteiger partial charge in [-0.2, -0.15) is 13.2 Å². The van der Waals surface area contributed by atoms with Crippen LogP contribution in [0.1, 0.15) is 23.2 Å². The topological polar surface area (TPSA) is 99.5 Å². The standard InChI is InChI=1S/C18H19F2N5O.C2HF3O2/c19-18(20)5-11-24(15(26)14-2-8-21-9-3-14)12-17(18)4-10-25(13-17)16-22-6-1-7-23-16;3-2(4,5)1(6)7/h1-3,6-9H,4-5,10-13H2;(H,6,7). The number of hydrogen-bond donors (Lipinski definition) is 1. The van der Waals surface area contributed by atoms with E-state index in [0.29, 0.717) is 24.5 Å². The molecule has 1 spiro atoms. The second kappa shape index (κ2) is 9.24. The van der Waals surface area contributed by atoms with E-state index >= 15 is 0 Å². The van der Waals surface area contributed by atoms with Crippen LogP contribution in [-0.2, 0) is 4.79 Å². The van der Waals surface area contributed by atoms with Crippen LogP contribution < -0.4 is 4.90 Å². The molecular formula is C20H20F5N5O3. The summed E-state index contributed by atoms with van der Waals surface area (Å²) in [7, 11) is 0. The molecule has 1 atom stereocenters. The van der Waals surface area contributed by atoms with Crippen LogP contribution >= 0.6 is 0 Å². The normalized spacial score (nSPS) is 22.0. The van der Waals surface area contributed by atoms with Crippen LogP contribution in [-0.4, -0.2) is 75.1 Å². The predicted octanol–water partition coefficient (Wildman–Crippen LogP) is 2.88. The van der Waals surface area contributed by atoms with Crippen molar-refractivity contribution in [3.63, 3.8) is 0 Å². The SMILES string of the molecule is O=C(O)C(F)(F)F.O=C(c1ccncc1)N1CCC(F)(F)C2(CCN(c3ncccn3)C2)C1. The average molecular weight is 473 g/mol. The van der Waals surface area contributed by atoms with Gasteiger partial charge in [-0.1, -0.05) is 0 Å². The number of carboxylic acids is 1. The first kappa shape index (κ1) is 24.3. The van der Waals surface area contributed by atoms with E-state index in [4.69, 9.17) is 9.90 Å². The van der Waals surface area contributed by atoms with Crippen molar-refractivity contribution in [2.24, 2.45) is 5.41 Å². The molecule has 0 saturated carbocycles. The highest BCUT2D eigenvalue weighted by Gasteiger charge is 2.60. The van der Waals surface area contributed by atoms with Crippen LogP contribution in [0.2, 0.25) is 0 Å². The summed E-state index contributed by atoms with van der Waals surface area (Å²) >= 11 is 0. The number of nitrogens with zero attached hydrogens (tertiary/aromatic N) is 5. The molecule has 0 bridgehead atoms. The number of carbonyl (C=O) groups is 2. The minimum absolute atomic E-state index is 0.0322. The van der Waals surface area contributed by atoms with Crippen molar-refractivity contribution < 1.29 is 36.6 Å². The summed E-state index contributed by atoms with van der Waals surface area (Å²) in [6.07, 6.45) is 1.17. The highest BCUT2D eigenvalue weighted by molar-refractivity contribution is 5.94. The first-order valence-electron chi connectivity index (χ1n) is 9.84. The lowest BCUT2D eigenvalue weighted by atomic mass is 9.75. The van der Waals surface area contributed by atoms with E-state index in [1.54, 1.807) is 40.4 Å². The molecule has 2 fully saturated rings. The van der Waals surface area contributed by atoms with Gasteiger partial charge in [0.05, 0.1) is 5.41 Å². The highest BCUT2D eigenvalue weighted by Crippen LogP contribution is 2.50.